The molecule has 4 heteroatoms. The van der Waals surface area contributed by atoms with Crippen LogP contribution >= 0.6 is 0 Å². The summed E-state index contributed by atoms with van der Waals surface area (Å²) >= 11 is 0. The topological polar surface area (TPSA) is 44.8 Å². The number of rotatable bonds is 4. The van der Waals surface area contributed by atoms with E-state index in [1.165, 1.54) is 0 Å². The number of hydrogen-bond donors (Lipinski definition) is 0. The van der Waals surface area contributed by atoms with Gasteiger partial charge >= 0.3 is 5.97 Å². The average molecular weight is 222 g/mol. The molecule has 86 valence electrons. The predicted molar refractivity (Wildman–Crippen MR) is 57.7 cm³/mol. The van der Waals surface area contributed by atoms with Crippen LogP contribution in [0.3, 0.4) is 0 Å². The summed E-state index contributed by atoms with van der Waals surface area (Å²) in [5, 5.41) is 0. The van der Waals surface area contributed by atoms with Crippen LogP contribution in [0.2, 0.25) is 0 Å². The second-order valence-corrected chi connectivity index (χ2v) is 3.71. The number of ether oxygens (including phenoxy) is 3. The van der Waals surface area contributed by atoms with Gasteiger partial charge in [0.05, 0.1) is 20.6 Å². The molecule has 0 spiro atoms. The molecule has 1 fully saturated rings. The van der Waals surface area contributed by atoms with Gasteiger partial charge in [-0.2, -0.15) is 0 Å². The van der Waals surface area contributed by atoms with Crippen molar-refractivity contribution >= 4 is 5.97 Å². The van der Waals surface area contributed by atoms with Crippen LogP contribution in [-0.4, -0.2) is 26.3 Å². The predicted octanol–water partition coefficient (Wildman–Crippen LogP) is 1.56. The first-order valence-electron chi connectivity index (χ1n) is 5.13. The minimum atomic E-state index is -0.120. The Morgan fingerprint density at radius 2 is 2.00 bits per heavy atom. The number of esters is 1. The summed E-state index contributed by atoms with van der Waals surface area (Å²) in [5.74, 6) is 1.29. The van der Waals surface area contributed by atoms with Gasteiger partial charge in [-0.05, 0) is 17.7 Å². The Bertz CT molecular complexity index is 392. The van der Waals surface area contributed by atoms with Crippen LogP contribution in [0.1, 0.15) is 12.0 Å². The number of benzene rings is 1. The van der Waals surface area contributed by atoms with Gasteiger partial charge in [-0.3, -0.25) is 4.79 Å². The van der Waals surface area contributed by atoms with Crippen LogP contribution in [-0.2, 0) is 16.0 Å². The zero-order chi connectivity index (χ0) is 11.5. The van der Waals surface area contributed by atoms with Crippen LogP contribution in [0.25, 0.3) is 0 Å². The molecule has 16 heavy (non-hydrogen) atoms. The number of carbonyl (C=O) groups is 1. The molecule has 1 saturated heterocycles. The van der Waals surface area contributed by atoms with Crippen molar-refractivity contribution in [2.45, 2.75) is 18.9 Å². The highest BCUT2D eigenvalue weighted by atomic mass is 16.6. The summed E-state index contributed by atoms with van der Waals surface area (Å²) in [6, 6.07) is 5.72. The summed E-state index contributed by atoms with van der Waals surface area (Å²) in [6.45, 7) is 0. The Balaban J connectivity index is 2.07. The Kier molecular flexibility index (Phi) is 2.99. The fourth-order valence-electron chi connectivity index (χ4n) is 1.75. The minimum Gasteiger partial charge on any atom is -0.493 e. The quantitative estimate of drug-likeness (QED) is 0.725. The third kappa shape index (κ3) is 2.10. The standard InChI is InChI=1S/C12H14O4/c1-14-10-4-3-8(6-11(10)15-2)5-9-7-12(13)16-9/h3-4,6,9H,5,7H2,1-2H3/t9-/m1/s1. The Morgan fingerprint density at radius 3 is 2.56 bits per heavy atom. The number of methoxy groups -OCH3 is 2. The maximum absolute atomic E-state index is 10.7. The van der Waals surface area contributed by atoms with Gasteiger partial charge in [0.1, 0.15) is 6.10 Å². The van der Waals surface area contributed by atoms with Crippen molar-refractivity contribution in [2.75, 3.05) is 14.2 Å². The maximum Gasteiger partial charge on any atom is 0.309 e. The van der Waals surface area contributed by atoms with E-state index < -0.39 is 0 Å². The fraction of sp³-hybridized carbons (Fsp3) is 0.417. The van der Waals surface area contributed by atoms with E-state index in [4.69, 9.17) is 14.2 Å². The molecular formula is C12H14O4. The molecule has 0 unspecified atom stereocenters. The first-order valence-corrected chi connectivity index (χ1v) is 5.13. The van der Waals surface area contributed by atoms with Crippen LogP contribution in [0, 0.1) is 0 Å². The second-order valence-electron chi connectivity index (χ2n) is 3.71. The van der Waals surface area contributed by atoms with Crippen molar-refractivity contribution in [1.29, 1.82) is 0 Å². The monoisotopic (exact) mass is 222 g/mol. The first-order chi connectivity index (χ1) is 7.72. The molecule has 0 radical (unpaired) electrons. The Labute approximate surface area is 94.1 Å². The maximum atomic E-state index is 10.7. The molecule has 1 aromatic carbocycles. The highest BCUT2D eigenvalue weighted by Crippen LogP contribution is 2.29. The van der Waals surface area contributed by atoms with Crippen molar-refractivity contribution in [1.82, 2.24) is 0 Å². The molecule has 0 bridgehead atoms. The summed E-state index contributed by atoms with van der Waals surface area (Å²) in [4.78, 5) is 10.7. The van der Waals surface area contributed by atoms with E-state index in [2.05, 4.69) is 0 Å². The highest BCUT2D eigenvalue weighted by molar-refractivity contribution is 5.75. The van der Waals surface area contributed by atoms with Crippen LogP contribution < -0.4 is 9.47 Å². The van der Waals surface area contributed by atoms with Crippen molar-refractivity contribution in [3.63, 3.8) is 0 Å². The van der Waals surface area contributed by atoms with Gasteiger partial charge < -0.3 is 14.2 Å². The number of cyclic esters (lactones) is 1. The smallest absolute Gasteiger partial charge is 0.309 e. The van der Waals surface area contributed by atoms with Gasteiger partial charge in [0.25, 0.3) is 0 Å². The van der Waals surface area contributed by atoms with Crippen LogP contribution in [0.15, 0.2) is 18.2 Å². The van der Waals surface area contributed by atoms with Gasteiger partial charge in [0.15, 0.2) is 11.5 Å². The molecule has 0 aromatic heterocycles. The summed E-state index contributed by atoms with van der Waals surface area (Å²) < 4.78 is 15.3. The van der Waals surface area contributed by atoms with Gasteiger partial charge in [0, 0.05) is 6.42 Å². The molecule has 1 aliphatic rings. The van der Waals surface area contributed by atoms with E-state index in [-0.39, 0.29) is 12.1 Å². The summed E-state index contributed by atoms with van der Waals surface area (Å²) in [5.41, 5.74) is 1.08. The SMILES string of the molecule is COc1ccc(C[C@@H]2CC(=O)O2)cc1OC. The van der Waals surface area contributed by atoms with Crippen molar-refractivity contribution < 1.29 is 19.0 Å². The normalized spacial score (nSPS) is 18.6. The largest absolute Gasteiger partial charge is 0.493 e. The number of hydrogen-bond acceptors (Lipinski definition) is 4. The molecule has 0 saturated carbocycles. The molecule has 0 N–H and O–H groups in total. The zero-order valence-electron chi connectivity index (χ0n) is 9.36. The summed E-state index contributed by atoms with van der Waals surface area (Å²) in [6.07, 6.45) is 1.26. The average Bonchev–Trinajstić information content (AvgIpc) is 2.27. The lowest BCUT2D eigenvalue weighted by Gasteiger charge is -2.25. The minimum absolute atomic E-state index is 0.0191. The molecule has 0 amide bonds. The van der Waals surface area contributed by atoms with Gasteiger partial charge in [0.2, 0.25) is 0 Å². The fourth-order valence-corrected chi connectivity index (χ4v) is 1.75. The van der Waals surface area contributed by atoms with Gasteiger partial charge in [-0.15, -0.1) is 0 Å². The first kappa shape index (κ1) is 10.8. The Hall–Kier alpha value is -1.71. The highest BCUT2D eigenvalue weighted by Gasteiger charge is 2.28. The van der Waals surface area contributed by atoms with Crippen molar-refractivity contribution in [3.05, 3.63) is 23.8 Å². The lowest BCUT2D eigenvalue weighted by Crippen LogP contribution is -2.34. The van der Waals surface area contributed by atoms with Gasteiger partial charge in [-0.1, -0.05) is 6.07 Å². The molecule has 1 atom stereocenters. The van der Waals surface area contributed by atoms with Crippen LogP contribution in [0.4, 0.5) is 0 Å². The lowest BCUT2D eigenvalue weighted by atomic mass is 10.0. The number of carbonyl (C=O) groups excluding carboxylic acids is 1. The molecule has 4 nitrogen and oxygen atoms in total. The molecule has 1 aliphatic heterocycles. The molecule has 1 aromatic rings. The lowest BCUT2D eigenvalue weighted by molar-refractivity contribution is -0.169. The van der Waals surface area contributed by atoms with Gasteiger partial charge in [-0.25, -0.2) is 0 Å². The van der Waals surface area contributed by atoms with Crippen molar-refractivity contribution in [3.8, 4) is 11.5 Å². The second kappa shape index (κ2) is 4.43. The molecule has 1 heterocycles. The van der Waals surface area contributed by atoms with Crippen LogP contribution in [0.5, 0.6) is 11.5 Å². The van der Waals surface area contributed by atoms with E-state index in [1.807, 2.05) is 18.2 Å². The van der Waals surface area contributed by atoms with E-state index >= 15 is 0 Å². The third-order valence-corrected chi connectivity index (χ3v) is 2.60. The Morgan fingerprint density at radius 1 is 1.31 bits per heavy atom. The third-order valence-electron chi connectivity index (χ3n) is 2.60. The van der Waals surface area contributed by atoms with E-state index in [1.54, 1.807) is 14.2 Å². The molecule has 2 rings (SSSR count). The van der Waals surface area contributed by atoms with E-state index in [9.17, 15) is 4.79 Å². The summed E-state index contributed by atoms with van der Waals surface area (Å²) in [7, 11) is 3.20. The zero-order valence-corrected chi connectivity index (χ0v) is 9.36. The van der Waals surface area contributed by atoms with E-state index in [0.717, 1.165) is 12.0 Å². The molecular weight excluding hydrogens is 208 g/mol. The molecule has 0 aliphatic carbocycles. The van der Waals surface area contributed by atoms with Crippen molar-refractivity contribution in [2.24, 2.45) is 0 Å². The van der Waals surface area contributed by atoms with E-state index in [0.29, 0.717) is 17.9 Å².